The number of likely N-dealkylation sites (tertiary alicyclic amines) is 1. The van der Waals surface area contributed by atoms with Gasteiger partial charge >= 0.3 is 0 Å². The highest BCUT2D eigenvalue weighted by molar-refractivity contribution is 5.68. The SMILES string of the molecule is CN1C=NC(N2CCC(CO)CC2)=C2NC=NC21. The number of likely N-dealkylation sites (N-methyl/N-ethyl adjacent to an activating group) is 1. The van der Waals surface area contributed by atoms with E-state index < -0.39 is 0 Å². The van der Waals surface area contributed by atoms with Gasteiger partial charge in [0, 0.05) is 26.7 Å². The Bertz CT molecular complexity index is 409. The van der Waals surface area contributed by atoms with Gasteiger partial charge in [0.15, 0.2) is 12.0 Å². The standard InChI is InChI=1S/C12H19N5O/c1-16-8-15-12(10-11(16)14-7-13-10)17-4-2-9(6-18)3-5-17/h7-9,11,18H,2-6H2,1H3,(H,13,14). The van der Waals surface area contributed by atoms with E-state index in [1.165, 1.54) is 0 Å². The van der Waals surface area contributed by atoms with Crippen LogP contribution in [-0.2, 0) is 0 Å². The highest BCUT2D eigenvalue weighted by atomic mass is 16.3. The number of hydrogen-bond donors (Lipinski definition) is 2. The summed E-state index contributed by atoms with van der Waals surface area (Å²) in [5, 5.41) is 12.4. The van der Waals surface area contributed by atoms with E-state index in [0.29, 0.717) is 12.5 Å². The van der Waals surface area contributed by atoms with Gasteiger partial charge in [-0.25, -0.2) is 9.98 Å². The van der Waals surface area contributed by atoms with Gasteiger partial charge in [0.05, 0.1) is 12.7 Å². The molecular weight excluding hydrogens is 230 g/mol. The predicted molar refractivity (Wildman–Crippen MR) is 70.1 cm³/mol. The van der Waals surface area contributed by atoms with Gasteiger partial charge in [-0.15, -0.1) is 0 Å². The molecule has 3 aliphatic rings. The summed E-state index contributed by atoms with van der Waals surface area (Å²) in [6.07, 6.45) is 5.69. The van der Waals surface area contributed by atoms with Crippen molar-refractivity contribution in [3.8, 4) is 0 Å². The molecule has 1 saturated heterocycles. The Morgan fingerprint density at radius 3 is 2.94 bits per heavy atom. The van der Waals surface area contributed by atoms with E-state index in [1.54, 1.807) is 6.34 Å². The zero-order chi connectivity index (χ0) is 12.5. The minimum Gasteiger partial charge on any atom is -0.396 e. The van der Waals surface area contributed by atoms with Crippen molar-refractivity contribution in [2.75, 3.05) is 26.7 Å². The second-order valence-corrected chi connectivity index (χ2v) is 5.06. The summed E-state index contributed by atoms with van der Waals surface area (Å²) >= 11 is 0. The lowest BCUT2D eigenvalue weighted by Gasteiger charge is -2.36. The Balaban J connectivity index is 1.77. The van der Waals surface area contributed by atoms with Crippen LogP contribution < -0.4 is 5.32 Å². The summed E-state index contributed by atoms with van der Waals surface area (Å²) in [7, 11) is 1.98. The van der Waals surface area contributed by atoms with E-state index in [9.17, 15) is 5.11 Å². The third kappa shape index (κ3) is 1.86. The van der Waals surface area contributed by atoms with E-state index in [-0.39, 0.29) is 6.17 Å². The zero-order valence-corrected chi connectivity index (χ0v) is 10.6. The molecule has 0 radical (unpaired) electrons. The summed E-state index contributed by atoms with van der Waals surface area (Å²) in [4.78, 5) is 13.2. The first-order valence-electron chi connectivity index (χ1n) is 6.44. The van der Waals surface area contributed by atoms with Crippen LogP contribution in [0, 0.1) is 5.92 Å². The van der Waals surface area contributed by atoms with Crippen LogP contribution in [0.3, 0.4) is 0 Å². The minimum atomic E-state index is 0.0491. The number of piperidine rings is 1. The molecule has 0 amide bonds. The summed E-state index contributed by atoms with van der Waals surface area (Å²) < 4.78 is 0. The number of aliphatic hydroxyl groups is 1. The Labute approximate surface area is 107 Å². The van der Waals surface area contributed by atoms with Crippen molar-refractivity contribution in [3.63, 3.8) is 0 Å². The topological polar surface area (TPSA) is 63.5 Å². The van der Waals surface area contributed by atoms with Gasteiger partial charge in [-0.05, 0) is 18.8 Å². The smallest absolute Gasteiger partial charge is 0.167 e. The van der Waals surface area contributed by atoms with Crippen LogP contribution in [0.1, 0.15) is 12.8 Å². The first-order chi connectivity index (χ1) is 8.79. The molecule has 6 heteroatoms. The van der Waals surface area contributed by atoms with Crippen molar-refractivity contribution in [2.24, 2.45) is 15.9 Å². The molecule has 3 rings (SSSR count). The van der Waals surface area contributed by atoms with Gasteiger partial charge in [-0.1, -0.05) is 0 Å². The fourth-order valence-corrected chi connectivity index (χ4v) is 2.67. The fraction of sp³-hybridized carbons (Fsp3) is 0.667. The second-order valence-electron chi connectivity index (χ2n) is 5.06. The quantitative estimate of drug-likeness (QED) is 0.711. The zero-order valence-electron chi connectivity index (χ0n) is 10.6. The van der Waals surface area contributed by atoms with Crippen molar-refractivity contribution < 1.29 is 5.11 Å². The molecular formula is C12H19N5O. The normalized spacial score (nSPS) is 27.8. The molecule has 1 atom stereocenters. The summed E-state index contributed by atoms with van der Waals surface area (Å²) in [5.74, 6) is 1.46. The predicted octanol–water partition coefficient (Wildman–Crippen LogP) is -0.209. The van der Waals surface area contributed by atoms with Gasteiger partial charge in [0.2, 0.25) is 0 Å². The van der Waals surface area contributed by atoms with Gasteiger partial charge < -0.3 is 20.2 Å². The average molecular weight is 249 g/mol. The Kier molecular flexibility index (Phi) is 2.95. The van der Waals surface area contributed by atoms with Gasteiger partial charge in [0.1, 0.15) is 5.70 Å². The van der Waals surface area contributed by atoms with Gasteiger partial charge in [0.25, 0.3) is 0 Å². The average Bonchev–Trinajstić information content (AvgIpc) is 2.90. The van der Waals surface area contributed by atoms with Crippen molar-refractivity contribution in [3.05, 3.63) is 11.5 Å². The summed E-state index contributed by atoms with van der Waals surface area (Å²) in [5.41, 5.74) is 1.07. The van der Waals surface area contributed by atoms with Crippen LogP contribution in [-0.4, -0.2) is 60.5 Å². The fourth-order valence-electron chi connectivity index (χ4n) is 2.67. The lowest BCUT2D eigenvalue weighted by Crippen LogP contribution is -2.41. The molecule has 0 aliphatic carbocycles. The lowest BCUT2D eigenvalue weighted by molar-refractivity contribution is 0.148. The van der Waals surface area contributed by atoms with Crippen molar-refractivity contribution in [1.82, 2.24) is 15.1 Å². The number of nitrogens with zero attached hydrogens (tertiary/aromatic N) is 4. The Morgan fingerprint density at radius 1 is 1.44 bits per heavy atom. The highest BCUT2D eigenvalue weighted by Gasteiger charge is 2.31. The highest BCUT2D eigenvalue weighted by Crippen LogP contribution is 2.27. The second kappa shape index (κ2) is 4.61. The van der Waals surface area contributed by atoms with Gasteiger partial charge in [-0.2, -0.15) is 0 Å². The van der Waals surface area contributed by atoms with Crippen LogP contribution in [0.15, 0.2) is 21.5 Å². The summed E-state index contributed by atoms with van der Waals surface area (Å²) in [6, 6.07) is 0. The maximum absolute atomic E-state index is 9.17. The molecule has 0 saturated carbocycles. The molecule has 3 heterocycles. The molecule has 2 N–H and O–H groups in total. The number of nitrogens with one attached hydrogen (secondary N) is 1. The first kappa shape index (κ1) is 11.5. The first-order valence-corrected chi connectivity index (χ1v) is 6.44. The van der Waals surface area contributed by atoms with Crippen molar-refractivity contribution >= 4 is 12.7 Å². The molecule has 0 aromatic carbocycles. The molecule has 0 bridgehead atoms. The third-order valence-corrected chi connectivity index (χ3v) is 3.86. The lowest BCUT2D eigenvalue weighted by atomic mass is 9.98. The molecule has 0 aromatic heterocycles. The monoisotopic (exact) mass is 249 g/mol. The number of aliphatic hydroxyl groups excluding tert-OH is 1. The maximum atomic E-state index is 9.17. The Hall–Kier alpha value is -1.56. The molecule has 0 aromatic rings. The van der Waals surface area contributed by atoms with Crippen LogP contribution >= 0.6 is 0 Å². The molecule has 0 spiro atoms. The van der Waals surface area contributed by atoms with Gasteiger partial charge in [-0.3, -0.25) is 0 Å². The minimum absolute atomic E-state index is 0.0491. The van der Waals surface area contributed by atoms with E-state index in [1.807, 2.05) is 18.3 Å². The number of fused-ring (bicyclic) bond motifs is 1. The molecule has 3 aliphatic heterocycles. The van der Waals surface area contributed by atoms with E-state index in [2.05, 4.69) is 20.2 Å². The molecule has 18 heavy (non-hydrogen) atoms. The Morgan fingerprint density at radius 2 is 2.22 bits per heavy atom. The van der Waals surface area contributed by atoms with E-state index in [0.717, 1.165) is 37.4 Å². The van der Waals surface area contributed by atoms with E-state index in [4.69, 9.17) is 0 Å². The van der Waals surface area contributed by atoms with Crippen LogP contribution in [0.25, 0.3) is 0 Å². The van der Waals surface area contributed by atoms with E-state index >= 15 is 0 Å². The summed E-state index contributed by atoms with van der Waals surface area (Å²) in [6.45, 7) is 2.22. The largest absolute Gasteiger partial charge is 0.396 e. The number of aliphatic imine (C=N–C) groups is 2. The van der Waals surface area contributed by atoms with Crippen LogP contribution in [0.4, 0.5) is 0 Å². The maximum Gasteiger partial charge on any atom is 0.167 e. The number of rotatable bonds is 2. The van der Waals surface area contributed by atoms with Crippen LogP contribution in [0.5, 0.6) is 0 Å². The third-order valence-electron chi connectivity index (χ3n) is 3.86. The van der Waals surface area contributed by atoms with Crippen molar-refractivity contribution in [2.45, 2.75) is 19.0 Å². The molecule has 98 valence electrons. The molecule has 1 unspecified atom stereocenters. The molecule has 6 nitrogen and oxygen atoms in total. The van der Waals surface area contributed by atoms with Crippen molar-refractivity contribution in [1.29, 1.82) is 0 Å². The van der Waals surface area contributed by atoms with Crippen LogP contribution in [0.2, 0.25) is 0 Å². The molecule has 1 fully saturated rings. The number of hydrogen-bond acceptors (Lipinski definition) is 6.